The van der Waals surface area contributed by atoms with Crippen molar-refractivity contribution in [3.05, 3.63) is 0 Å². The number of hydrogen-bond acceptors (Lipinski definition) is 0. The molecule has 0 N–H and O–H groups in total. The molecule has 0 aliphatic carbocycles. The molecule has 0 unspecified atom stereocenters. The van der Waals surface area contributed by atoms with Crippen molar-refractivity contribution in [3.63, 3.8) is 0 Å². The molecule has 0 aliphatic heterocycles. The van der Waals surface area contributed by atoms with Gasteiger partial charge in [-0.1, -0.05) is 0 Å². The van der Waals surface area contributed by atoms with E-state index in [1.165, 1.54) is 0 Å². The van der Waals surface area contributed by atoms with Crippen LogP contribution in [0.5, 0.6) is 0 Å². The van der Waals surface area contributed by atoms with E-state index < -0.39 is 15.5 Å². The van der Waals surface area contributed by atoms with Gasteiger partial charge in [0.05, 0.1) is 0 Å². The Balaban J connectivity index is 2.32. The van der Waals surface area contributed by atoms with Gasteiger partial charge >= 0.3 is 51.4 Å². The first-order valence-corrected chi connectivity index (χ1v) is 27.9. The second-order valence-electron chi connectivity index (χ2n) is 0.303. The Morgan fingerprint density at radius 1 is 1.00 bits per heavy atom. The normalized spacial score (nSPS) is 6.75. The molecule has 0 saturated heterocycles. The minimum atomic E-state index is -1.29. The molecule has 0 heterocycles. The van der Waals surface area contributed by atoms with E-state index in [4.69, 9.17) is 0 Å². The fourth-order valence-electron chi connectivity index (χ4n) is 0. The summed E-state index contributed by atoms with van der Waals surface area (Å²) in [6, 6.07) is 0. The quantitative estimate of drug-likeness (QED) is 0.588. The van der Waals surface area contributed by atoms with Crippen molar-refractivity contribution >= 4 is 36.0 Å². The van der Waals surface area contributed by atoms with Gasteiger partial charge in [-0.25, -0.2) is 0 Å². The molecular formula is Br3Cd. The van der Waals surface area contributed by atoms with Crippen LogP contribution in [-0.4, -0.2) is 0 Å². The van der Waals surface area contributed by atoms with E-state index in [2.05, 4.69) is 36.0 Å². The molecule has 0 aromatic carbocycles. The van der Waals surface area contributed by atoms with Gasteiger partial charge in [-0.3, -0.25) is 0 Å². The van der Waals surface area contributed by atoms with Crippen LogP contribution in [0, 0.1) is 0 Å². The van der Waals surface area contributed by atoms with Crippen LogP contribution < -0.4 is 0 Å². The summed E-state index contributed by atoms with van der Waals surface area (Å²) in [6.07, 6.45) is 0. The summed E-state index contributed by atoms with van der Waals surface area (Å²) in [5.41, 5.74) is 0. The van der Waals surface area contributed by atoms with E-state index in [0.717, 1.165) is 0 Å². The van der Waals surface area contributed by atoms with Crippen molar-refractivity contribution < 1.29 is 15.5 Å². The van der Waals surface area contributed by atoms with E-state index in [9.17, 15) is 0 Å². The fourth-order valence-corrected chi connectivity index (χ4v) is 0. The zero-order valence-corrected chi connectivity index (χ0v) is 10.6. The fraction of sp³-hybridized carbons (Fsp3) is 0. The molecule has 0 bridgehead atoms. The van der Waals surface area contributed by atoms with Gasteiger partial charge in [0.15, 0.2) is 0 Å². The summed E-state index contributed by atoms with van der Waals surface area (Å²) in [4.78, 5) is 0. The maximum atomic E-state index is 3.33. The second-order valence-corrected chi connectivity index (χ2v) is 54.9. The molecule has 0 spiro atoms. The van der Waals surface area contributed by atoms with Crippen molar-refractivity contribution in [2.75, 3.05) is 0 Å². The standard InChI is InChI=1S/3BrH.Cd/h3*1H;/q;;;+3/p-3. The van der Waals surface area contributed by atoms with E-state index in [1.54, 1.807) is 0 Å². The molecule has 4 heteroatoms. The Morgan fingerprint density at radius 3 is 1.00 bits per heavy atom. The van der Waals surface area contributed by atoms with E-state index in [1.807, 2.05) is 0 Å². The van der Waals surface area contributed by atoms with Crippen LogP contribution in [0.1, 0.15) is 0 Å². The number of halogens is 3. The van der Waals surface area contributed by atoms with Gasteiger partial charge in [0, 0.05) is 0 Å². The first-order chi connectivity index (χ1) is 1.73. The topological polar surface area (TPSA) is 0 Å². The van der Waals surface area contributed by atoms with Gasteiger partial charge < -0.3 is 0 Å². The van der Waals surface area contributed by atoms with E-state index in [0.29, 0.717) is 0 Å². The van der Waals surface area contributed by atoms with Crippen LogP contribution in [0.15, 0.2) is 0 Å². The van der Waals surface area contributed by atoms with Crippen molar-refractivity contribution in [2.45, 2.75) is 0 Å². The number of hydrogen-bond donors (Lipinski definition) is 0. The van der Waals surface area contributed by atoms with Crippen LogP contribution in [0.2, 0.25) is 0 Å². The third kappa shape index (κ3) is 8.84. The third-order valence-electron chi connectivity index (χ3n) is 0. The molecule has 0 nitrogen and oxygen atoms in total. The van der Waals surface area contributed by atoms with Gasteiger partial charge in [0.1, 0.15) is 0 Å². The first kappa shape index (κ1) is 6.36. The molecule has 0 radical (unpaired) electrons. The first-order valence-electron chi connectivity index (χ1n) is 0.802. The minimum absolute atomic E-state index is 1.29. The number of rotatable bonds is 0. The van der Waals surface area contributed by atoms with Crippen LogP contribution in [0.25, 0.3) is 0 Å². The summed E-state index contributed by atoms with van der Waals surface area (Å²) in [7, 11) is 0. The SMILES string of the molecule is [Br][Cd]([Br])[Br]. The summed E-state index contributed by atoms with van der Waals surface area (Å²) in [5, 5.41) is 0. The Hall–Kier alpha value is 2.36. The van der Waals surface area contributed by atoms with Crippen LogP contribution in [0.4, 0.5) is 0 Å². The maximum absolute atomic E-state index is 3.33. The molecular weight excluding hydrogens is 352 g/mol. The average Bonchev–Trinajstić information content (AvgIpc) is 0.811. The zero-order valence-electron chi connectivity index (χ0n) is 1.84. The van der Waals surface area contributed by atoms with Gasteiger partial charge in [-0.2, -0.15) is 0 Å². The van der Waals surface area contributed by atoms with Crippen LogP contribution >= 0.6 is 36.0 Å². The molecule has 0 aromatic rings. The Morgan fingerprint density at radius 2 is 1.00 bits per heavy atom. The zero-order chi connectivity index (χ0) is 3.58. The monoisotopic (exact) mass is 351 g/mol. The van der Waals surface area contributed by atoms with Gasteiger partial charge in [-0.15, -0.1) is 0 Å². The summed E-state index contributed by atoms with van der Waals surface area (Å²) >= 11 is 8.69. The van der Waals surface area contributed by atoms with Gasteiger partial charge in [0.2, 0.25) is 0 Å². The van der Waals surface area contributed by atoms with Gasteiger partial charge in [-0.05, 0) is 0 Å². The van der Waals surface area contributed by atoms with Crippen LogP contribution in [0.3, 0.4) is 0 Å². The molecule has 0 rings (SSSR count). The van der Waals surface area contributed by atoms with Crippen molar-refractivity contribution in [3.8, 4) is 0 Å². The summed E-state index contributed by atoms with van der Waals surface area (Å²) in [5.74, 6) is 0. The molecule has 0 amide bonds. The predicted molar refractivity (Wildman–Crippen MR) is 26.8 cm³/mol. The van der Waals surface area contributed by atoms with Crippen molar-refractivity contribution in [1.82, 2.24) is 0 Å². The Kier molecular flexibility index (Phi) is 5.64. The van der Waals surface area contributed by atoms with Crippen molar-refractivity contribution in [1.29, 1.82) is 0 Å². The Bertz CT molecular complexity index is 8.00. The molecule has 0 saturated carbocycles. The molecule has 0 atom stereocenters. The molecule has 23 valence electrons. The molecule has 4 heavy (non-hydrogen) atoms. The summed E-state index contributed by atoms with van der Waals surface area (Å²) in [6.45, 7) is 0. The average molecular weight is 352 g/mol. The van der Waals surface area contributed by atoms with Gasteiger partial charge in [0.25, 0.3) is 0 Å². The molecule has 0 aromatic heterocycles. The summed E-state index contributed by atoms with van der Waals surface area (Å²) < 4.78 is 0. The Labute approximate surface area is 50.4 Å². The molecule has 0 fully saturated rings. The van der Waals surface area contributed by atoms with E-state index in [-0.39, 0.29) is 0 Å². The van der Waals surface area contributed by atoms with Crippen molar-refractivity contribution in [2.24, 2.45) is 0 Å². The molecule has 0 aliphatic rings. The second kappa shape index (κ2) is 3.55. The predicted octanol–water partition coefficient (Wildman–Crippen LogP) is 2.53. The van der Waals surface area contributed by atoms with Crippen LogP contribution in [-0.2, 0) is 15.5 Å². The third-order valence-corrected chi connectivity index (χ3v) is 0. The van der Waals surface area contributed by atoms with E-state index >= 15 is 0 Å².